The van der Waals surface area contributed by atoms with Gasteiger partial charge in [0.25, 0.3) is 0 Å². The summed E-state index contributed by atoms with van der Waals surface area (Å²) in [7, 11) is 0. The highest BCUT2D eigenvalue weighted by Gasteiger charge is 2.14. The van der Waals surface area contributed by atoms with Gasteiger partial charge < -0.3 is 37.9 Å². The van der Waals surface area contributed by atoms with Crippen LogP contribution in [0.5, 0.6) is 23.0 Å². The van der Waals surface area contributed by atoms with Crippen LogP contribution in [-0.2, 0) is 38.1 Å². The average Bonchev–Trinajstić information content (AvgIpc) is 3.00. The molecule has 0 fully saturated rings. The standard InChI is InChI=1S/C34H32O12/c1-21(2)31(35)43-13-9-39-25-17-27-28(29(19-25)41-11-15-45-33(37)23(5)6)18-26(40-10-14-44-32(36)22(3)4)20-30(27)42-12-16-46-34(38)24(7)8/h9-20H,1,3,5,7H2,2,4,6,8H3. The van der Waals surface area contributed by atoms with Crippen LogP contribution in [0, 0.1) is 0 Å². The monoisotopic (exact) mass is 632 g/mol. The molecule has 0 spiro atoms. The summed E-state index contributed by atoms with van der Waals surface area (Å²) >= 11 is 0. The molecule has 0 amide bonds. The smallest absolute Gasteiger partial charge is 0.338 e. The van der Waals surface area contributed by atoms with Crippen LogP contribution in [0.15, 0.2) is 123 Å². The molecule has 0 aromatic heterocycles. The van der Waals surface area contributed by atoms with Crippen molar-refractivity contribution in [2.45, 2.75) is 27.7 Å². The van der Waals surface area contributed by atoms with Crippen LogP contribution < -0.4 is 18.9 Å². The second kappa shape index (κ2) is 17.7. The third-order valence-corrected chi connectivity index (χ3v) is 5.06. The molecule has 2 rings (SSSR count). The Morgan fingerprint density at radius 1 is 0.435 bits per heavy atom. The Hall–Kier alpha value is -6.30. The Balaban J connectivity index is 2.57. The van der Waals surface area contributed by atoms with Gasteiger partial charge in [0.1, 0.15) is 73.1 Å². The Bertz CT molecular complexity index is 1550. The lowest BCUT2D eigenvalue weighted by Gasteiger charge is -2.14. The van der Waals surface area contributed by atoms with E-state index in [2.05, 4.69) is 26.3 Å². The lowest BCUT2D eigenvalue weighted by atomic mass is 10.1. The van der Waals surface area contributed by atoms with Gasteiger partial charge in [-0.05, 0) is 39.8 Å². The van der Waals surface area contributed by atoms with Crippen LogP contribution >= 0.6 is 0 Å². The lowest BCUT2D eigenvalue weighted by molar-refractivity contribution is -0.134. The fourth-order valence-electron chi connectivity index (χ4n) is 2.85. The summed E-state index contributed by atoms with van der Waals surface area (Å²) in [5.74, 6) is -1.92. The third kappa shape index (κ3) is 11.8. The fourth-order valence-corrected chi connectivity index (χ4v) is 2.85. The largest absolute Gasteiger partial charge is 0.462 e. The van der Waals surface area contributed by atoms with Crippen molar-refractivity contribution in [1.29, 1.82) is 0 Å². The van der Waals surface area contributed by atoms with Crippen LogP contribution in [0.25, 0.3) is 10.8 Å². The number of ether oxygens (including phenoxy) is 8. The van der Waals surface area contributed by atoms with E-state index in [1.165, 1.54) is 39.8 Å². The normalized spacial score (nSPS) is 11.0. The van der Waals surface area contributed by atoms with E-state index in [0.717, 1.165) is 50.1 Å². The summed E-state index contributed by atoms with van der Waals surface area (Å²) in [4.78, 5) is 46.8. The number of carbonyl (C=O) groups excluding carboxylic acids is 4. The highest BCUT2D eigenvalue weighted by atomic mass is 16.6. The molecule has 0 unspecified atom stereocenters. The number of esters is 4. The number of hydrogen-bond acceptors (Lipinski definition) is 12. The molecule has 0 heterocycles. The summed E-state index contributed by atoms with van der Waals surface area (Å²) < 4.78 is 42.4. The number of hydrogen-bond donors (Lipinski definition) is 0. The quantitative estimate of drug-likeness (QED) is 0.0839. The Morgan fingerprint density at radius 2 is 0.696 bits per heavy atom. The maximum Gasteiger partial charge on any atom is 0.338 e. The van der Waals surface area contributed by atoms with Gasteiger partial charge in [-0.15, -0.1) is 0 Å². The van der Waals surface area contributed by atoms with E-state index < -0.39 is 23.9 Å². The number of rotatable bonds is 16. The summed E-state index contributed by atoms with van der Waals surface area (Å²) in [6.07, 6.45) is 8.52. The Labute approximate surface area is 265 Å². The average molecular weight is 633 g/mol. The Kier molecular flexibility index (Phi) is 13.8. The van der Waals surface area contributed by atoms with Crippen LogP contribution in [0.1, 0.15) is 27.7 Å². The minimum absolute atomic E-state index is 0.160. The number of carbonyl (C=O) groups is 4. The molecule has 0 N–H and O–H groups in total. The molecule has 0 aliphatic heterocycles. The van der Waals surface area contributed by atoms with E-state index in [1.54, 1.807) is 12.1 Å². The predicted octanol–water partition coefficient (Wildman–Crippen LogP) is 6.72. The van der Waals surface area contributed by atoms with E-state index in [1.807, 2.05) is 0 Å². The molecule has 0 aliphatic carbocycles. The molecule has 0 bridgehead atoms. The van der Waals surface area contributed by atoms with Crippen LogP contribution in [-0.4, -0.2) is 23.9 Å². The van der Waals surface area contributed by atoms with Crippen LogP contribution in [0.4, 0.5) is 0 Å². The summed E-state index contributed by atoms with van der Waals surface area (Å²) in [5.41, 5.74) is 0.737. The van der Waals surface area contributed by atoms with E-state index in [-0.39, 0.29) is 45.3 Å². The molecule has 0 saturated heterocycles. The minimum atomic E-state index is -0.666. The highest BCUT2D eigenvalue weighted by molar-refractivity contribution is 5.96. The van der Waals surface area contributed by atoms with Gasteiger partial charge in [0.2, 0.25) is 0 Å². The zero-order chi connectivity index (χ0) is 34.2. The topological polar surface area (TPSA) is 142 Å². The first-order valence-corrected chi connectivity index (χ1v) is 13.1. The van der Waals surface area contributed by atoms with E-state index >= 15 is 0 Å². The molecule has 0 saturated carbocycles. The van der Waals surface area contributed by atoms with Crippen molar-refractivity contribution in [2.24, 2.45) is 0 Å². The second-order valence-corrected chi connectivity index (χ2v) is 9.24. The highest BCUT2D eigenvalue weighted by Crippen LogP contribution is 2.40. The molecule has 2 aromatic rings. The van der Waals surface area contributed by atoms with Crippen molar-refractivity contribution in [3.8, 4) is 23.0 Å². The SMILES string of the molecule is C=C(C)C(=O)OC=COc1cc(OC=COC(=O)C(=C)C)c2cc(OC=COC(=O)C(=C)C)cc(OC=COC(=O)C(=C)C)c2c1. The number of benzene rings is 2. The minimum Gasteiger partial charge on any atom is -0.462 e. The molecule has 2 aromatic carbocycles. The maximum absolute atomic E-state index is 11.7. The first-order valence-electron chi connectivity index (χ1n) is 13.1. The van der Waals surface area contributed by atoms with Crippen molar-refractivity contribution in [3.05, 3.63) is 123 Å². The van der Waals surface area contributed by atoms with Gasteiger partial charge in [0, 0.05) is 45.2 Å². The lowest BCUT2D eigenvalue weighted by Crippen LogP contribution is -2.00. The second-order valence-electron chi connectivity index (χ2n) is 9.24. The van der Waals surface area contributed by atoms with Crippen molar-refractivity contribution in [3.63, 3.8) is 0 Å². The Morgan fingerprint density at radius 3 is 0.957 bits per heavy atom. The molecule has 240 valence electrons. The van der Waals surface area contributed by atoms with E-state index in [0.29, 0.717) is 10.8 Å². The van der Waals surface area contributed by atoms with Crippen LogP contribution in [0.3, 0.4) is 0 Å². The molecule has 46 heavy (non-hydrogen) atoms. The van der Waals surface area contributed by atoms with Crippen molar-refractivity contribution < 1.29 is 57.1 Å². The predicted molar refractivity (Wildman–Crippen MR) is 167 cm³/mol. The zero-order valence-corrected chi connectivity index (χ0v) is 25.7. The van der Waals surface area contributed by atoms with Gasteiger partial charge in [-0.2, -0.15) is 0 Å². The summed E-state index contributed by atoms with van der Waals surface area (Å²) in [6.45, 7) is 20.0. The van der Waals surface area contributed by atoms with Gasteiger partial charge in [-0.1, -0.05) is 26.3 Å². The molecule has 0 aliphatic rings. The molecule has 0 atom stereocenters. The molecular formula is C34H32O12. The summed E-state index contributed by atoms with van der Waals surface area (Å²) in [6, 6.07) is 6.08. The van der Waals surface area contributed by atoms with Crippen molar-refractivity contribution in [1.82, 2.24) is 0 Å². The van der Waals surface area contributed by atoms with E-state index in [9.17, 15) is 19.2 Å². The van der Waals surface area contributed by atoms with Crippen molar-refractivity contribution in [2.75, 3.05) is 0 Å². The van der Waals surface area contributed by atoms with Gasteiger partial charge >= 0.3 is 23.9 Å². The van der Waals surface area contributed by atoms with E-state index in [4.69, 9.17) is 37.9 Å². The molecule has 0 radical (unpaired) electrons. The zero-order valence-electron chi connectivity index (χ0n) is 25.7. The van der Waals surface area contributed by atoms with Gasteiger partial charge in [-0.3, -0.25) is 0 Å². The molecular weight excluding hydrogens is 600 g/mol. The van der Waals surface area contributed by atoms with Crippen molar-refractivity contribution >= 4 is 34.6 Å². The maximum atomic E-state index is 11.7. The molecule has 12 heteroatoms. The first-order chi connectivity index (χ1) is 21.8. The van der Waals surface area contributed by atoms with Crippen LogP contribution in [0.2, 0.25) is 0 Å². The first kappa shape index (κ1) is 35.9. The molecule has 12 nitrogen and oxygen atoms in total. The fraction of sp³-hybridized carbons (Fsp3) is 0.118. The van der Waals surface area contributed by atoms with Gasteiger partial charge in [-0.25, -0.2) is 19.2 Å². The third-order valence-electron chi connectivity index (χ3n) is 5.06. The van der Waals surface area contributed by atoms with Gasteiger partial charge in [0.15, 0.2) is 0 Å². The summed E-state index contributed by atoms with van der Waals surface area (Å²) in [5, 5.41) is 0.793. The van der Waals surface area contributed by atoms with Gasteiger partial charge in [0.05, 0.1) is 0 Å². The number of fused-ring (bicyclic) bond motifs is 1.